The lowest BCUT2D eigenvalue weighted by molar-refractivity contribution is -0.292. The van der Waals surface area contributed by atoms with Gasteiger partial charge in [-0.3, -0.25) is 0 Å². The van der Waals surface area contributed by atoms with Crippen molar-refractivity contribution in [3.8, 4) is 0 Å². The molecular weight excluding hydrogens is 376 g/mol. The Kier molecular flexibility index (Phi) is 5.24. The molecule has 0 aromatic carbocycles. The molecule has 5 rings (SSSR count). The molecule has 1 spiro atoms. The van der Waals surface area contributed by atoms with Crippen LogP contribution < -0.4 is 0 Å². The Morgan fingerprint density at radius 1 is 1.10 bits per heavy atom. The van der Waals surface area contributed by atoms with Crippen molar-refractivity contribution in [2.75, 3.05) is 19.8 Å². The predicted octanol–water partition coefficient (Wildman–Crippen LogP) is 6.21. The Labute approximate surface area is 180 Å². The van der Waals surface area contributed by atoms with Crippen molar-refractivity contribution in [3.63, 3.8) is 0 Å². The van der Waals surface area contributed by atoms with Gasteiger partial charge < -0.3 is 18.6 Å². The van der Waals surface area contributed by atoms with E-state index < -0.39 is 0 Å². The van der Waals surface area contributed by atoms with Gasteiger partial charge in [-0.15, -0.1) is 0 Å². The lowest BCUT2D eigenvalue weighted by atomic mass is 9.46. The van der Waals surface area contributed by atoms with E-state index in [0.29, 0.717) is 18.4 Å². The Bertz CT molecular complexity index is 803. The Hall–Kier alpha value is -1.36. The number of rotatable bonds is 3. The second-order valence-electron chi connectivity index (χ2n) is 10.3. The standard InChI is InChI=1S/C26H36O4/c1-19-8-13-25(3)23(5-4-11-26(25)29-15-16-30-26)24(19,2)12-9-20-6-7-22(28-17-20)21-10-14-27-18-21/h6,9-10,12,14,18-19,22-23H,4-5,7-8,11,13,15-17H2,1-3H3/b12-9+/t19-,22+,23+,24-,25+/m0/s1. The minimum Gasteiger partial charge on any atom is -0.472 e. The van der Waals surface area contributed by atoms with Crippen LogP contribution in [0.2, 0.25) is 0 Å². The smallest absolute Gasteiger partial charge is 0.174 e. The van der Waals surface area contributed by atoms with Gasteiger partial charge in [0.2, 0.25) is 0 Å². The topological polar surface area (TPSA) is 40.8 Å². The summed E-state index contributed by atoms with van der Waals surface area (Å²) < 4.78 is 24.0. The van der Waals surface area contributed by atoms with Gasteiger partial charge in [-0.2, -0.15) is 0 Å². The third-order valence-electron chi connectivity index (χ3n) is 8.92. The van der Waals surface area contributed by atoms with Gasteiger partial charge in [0.25, 0.3) is 0 Å². The molecule has 0 amide bonds. The summed E-state index contributed by atoms with van der Waals surface area (Å²) in [6.45, 7) is 9.50. The van der Waals surface area contributed by atoms with Gasteiger partial charge in [-0.05, 0) is 61.0 Å². The molecule has 2 aliphatic heterocycles. The molecule has 1 aromatic rings. The summed E-state index contributed by atoms with van der Waals surface area (Å²) in [6, 6.07) is 2.00. The molecule has 164 valence electrons. The molecule has 1 aromatic heterocycles. The summed E-state index contributed by atoms with van der Waals surface area (Å²) in [7, 11) is 0. The highest BCUT2D eigenvalue weighted by Crippen LogP contribution is 2.65. The number of furan rings is 1. The molecule has 4 heteroatoms. The summed E-state index contributed by atoms with van der Waals surface area (Å²) >= 11 is 0. The number of fused-ring (bicyclic) bond motifs is 2. The first kappa shape index (κ1) is 20.5. The fourth-order valence-electron chi connectivity index (χ4n) is 6.83. The Morgan fingerprint density at radius 3 is 2.63 bits per heavy atom. The van der Waals surface area contributed by atoms with Crippen LogP contribution in [0.4, 0.5) is 0 Å². The summed E-state index contributed by atoms with van der Waals surface area (Å²) in [5, 5.41) is 0. The normalized spacial score (nSPS) is 41.2. The van der Waals surface area contributed by atoms with Crippen LogP contribution in [0, 0.1) is 22.7 Å². The molecular formula is C26H36O4. The highest BCUT2D eigenvalue weighted by molar-refractivity contribution is 5.27. The van der Waals surface area contributed by atoms with Gasteiger partial charge in [0.1, 0.15) is 0 Å². The van der Waals surface area contributed by atoms with Crippen molar-refractivity contribution in [2.45, 2.75) is 71.2 Å². The van der Waals surface area contributed by atoms with Gasteiger partial charge in [0.15, 0.2) is 5.79 Å². The van der Waals surface area contributed by atoms with E-state index in [0.717, 1.165) is 31.6 Å². The van der Waals surface area contributed by atoms with Crippen LogP contribution in [0.5, 0.6) is 0 Å². The molecule has 0 radical (unpaired) electrons. The van der Waals surface area contributed by atoms with Gasteiger partial charge in [0, 0.05) is 17.4 Å². The number of hydrogen-bond donors (Lipinski definition) is 0. The second kappa shape index (κ2) is 7.65. The van der Waals surface area contributed by atoms with Crippen molar-refractivity contribution in [2.24, 2.45) is 22.7 Å². The van der Waals surface area contributed by atoms with Crippen molar-refractivity contribution >= 4 is 0 Å². The van der Waals surface area contributed by atoms with Crippen LogP contribution in [0.1, 0.15) is 71.0 Å². The number of allylic oxidation sites excluding steroid dienone is 1. The van der Waals surface area contributed by atoms with Crippen LogP contribution >= 0.6 is 0 Å². The average Bonchev–Trinajstić information content (AvgIpc) is 3.45. The third-order valence-corrected chi connectivity index (χ3v) is 8.92. The number of hydrogen-bond acceptors (Lipinski definition) is 4. The monoisotopic (exact) mass is 412 g/mol. The van der Waals surface area contributed by atoms with Crippen molar-refractivity contribution < 1.29 is 18.6 Å². The zero-order valence-electron chi connectivity index (χ0n) is 18.7. The lowest BCUT2D eigenvalue weighted by Gasteiger charge is -2.62. The molecule has 2 saturated carbocycles. The molecule has 1 saturated heterocycles. The SMILES string of the molecule is C[C@H]1CC[C@]2(C)[C@H](CCCC23OCCO3)[C@@]1(C)/C=C/C1=CC[C@H](c2ccoc2)OC1. The largest absolute Gasteiger partial charge is 0.472 e. The first-order valence-electron chi connectivity index (χ1n) is 11.8. The average molecular weight is 413 g/mol. The fourth-order valence-corrected chi connectivity index (χ4v) is 6.83. The van der Waals surface area contributed by atoms with Crippen molar-refractivity contribution in [1.82, 2.24) is 0 Å². The van der Waals surface area contributed by atoms with Crippen molar-refractivity contribution in [3.05, 3.63) is 48.0 Å². The zero-order chi connectivity index (χ0) is 20.8. The van der Waals surface area contributed by atoms with E-state index >= 15 is 0 Å². The van der Waals surface area contributed by atoms with E-state index in [-0.39, 0.29) is 22.7 Å². The Balaban J connectivity index is 1.37. The van der Waals surface area contributed by atoms with Gasteiger partial charge in [-0.25, -0.2) is 0 Å². The molecule has 0 N–H and O–H groups in total. The third kappa shape index (κ3) is 3.14. The molecule has 3 heterocycles. The molecule has 30 heavy (non-hydrogen) atoms. The molecule has 3 fully saturated rings. The summed E-state index contributed by atoms with van der Waals surface area (Å²) in [5.74, 6) is 0.851. The lowest BCUT2D eigenvalue weighted by Crippen LogP contribution is -2.61. The quantitative estimate of drug-likeness (QED) is 0.592. The minimum absolute atomic E-state index is 0.0805. The molecule has 2 aliphatic carbocycles. The predicted molar refractivity (Wildman–Crippen MR) is 116 cm³/mol. The highest BCUT2D eigenvalue weighted by Gasteiger charge is 2.64. The summed E-state index contributed by atoms with van der Waals surface area (Å²) in [5.41, 5.74) is 2.63. The van der Waals surface area contributed by atoms with Gasteiger partial charge in [-0.1, -0.05) is 39.0 Å². The van der Waals surface area contributed by atoms with Crippen LogP contribution in [-0.4, -0.2) is 25.6 Å². The van der Waals surface area contributed by atoms with E-state index in [9.17, 15) is 0 Å². The van der Waals surface area contributed by atoms with Crippen LogP contribution in [-0.2, 0) is 14.2 Å². The summed E-state index contributed by atoms with van der Waals surface area (Å²) in [4.78, 5) is 0. The van der Waals surface area contributed by atoms with Gasteiger partial charge >= 0.3 is 0 Å². The second-order valence-corrected chi connectivity index (χ2v) is 10.3. The first-order valence-corrected chi connectivity index (χ1v) is 11.8. The van der Waals surface area contributed by atoms with E-state index in [4.69, 9.17) is 18.6 Å². The van der Waals surface area contributed by atoms with E-state index in [1.807, 2.05) is 6.07 Å². The maximum absolute atomic E-state index is 6.34. The van der Waals surface area contributed by atoms with Gasteiger partial charge in [0.05, 0.1) is 38.5 Å². The maximum atomic E-state index is 6.34. The van der Waals surface area contributed by atoms with Crippen LogP contribution in [0.15, 0.2) is 46.8 Å². The first-order chi connectivity index (χ1) is 14.5. The fraction of sp³-hybridized carbons (Fsp3) is 0.692. The summed E-state index contributed by atoms with van der Waals surface area (Å²) in [6.07, 6.45) is 17.6. The van der Waals surface area contributed by atoms with Crippen molar-refractivity contribution in [1.29, 1.82) is 0 Å². The minimum atomic E-state index is -0.365. The van der Waals surface area contributed by atoms with Crippen LogP contribution in [0.3, 0.4) is 0 Å². The highest BCUT2D eigenvalue weighted by atomic mass is 16.7. The molecule has 4 nitrogen and oxygen atoms in total. The number of ether oxygens (including phenoxy) is 3. The zero-order valence-corrected chi connectivity index (χ0v) is 18.7. The molecule has 4 aliphatic rings. The van der Waals surface area contributed by atoms with E-state index in [1.54, 1.807) is 12.5 Å². The van der Waals surface area contributed by atoms with E-state index in [2.05, 4.69) is 39.0 Å². The maximum Gasteiger partial charge on any atom is 0.174 e. The molecule has 5 atom stereocenters. The molecule has 0 unspecified atom stereocenters. The van der Waals surface area contributed by atoms with Crippen LogP contribution in [0.25, 0.3) is 0 Å². The van der Waals surface area contributed by atoms with E-state index in [1.165, 1.54) is 31.3 Å². The Morgan fingerprint density at radius 2 is 1.93 bits per heavy atom. The molecule has 0 bridgehead atoms.